The highest BCUT2D eigenvalue weighted by atomic mass is 16.4. The summed E-state index contributed by atoms with van der Waals surface area (Å²) in [4.78, 5) is 30.9. The van der Waals surface area contributed by atoms with Crippen molar-refractivity contribution in [3.63, 3.8) is 0 Å². The normalized spacial score (nSPS) is 20.9. The molecule has 1 fully saturated rings. The second kappa shape index (κ2) is 6.21. The van der Waals surface area contributed by atoms with Crippen LogP contribution in [0, 0.1) is 6.92 Å². The van der Waals surface area contributed by atoms with Gasteiger partial charge in [-0.3, -0.25) is 14.5 Å². The number of carboxylic acid groups (broad SMARTS) is 1. The second-order valence-electron chi connectivity index (χ2n) is 6.18. The third-order valence-electron chi connectivity index (χ3n) is 4.41. The molecule has 2 N–H and O–H groups in total. The third kappa shape index (κ3) is 2.98. The van der Waals surface area contributed by atoms with Crippen molar-refractivity contribution < 1.29 is 19.8 Å². The molecule has 3 rings (SSSR count). The van der Waals surface area contributed by atoms with Crippen LogP contribution in [0.2, 0.25) is 0 Å². The van der Waals surface area contributed by atoms with Crippen molar-refractivity contribution in [2.45, 2.75) is 19.1 Å². The van der Waals surface area contributed by atoms with Crippen molar-refractivity contribution in [2.75, 3.05) is 26.7 Å². The monoisotopic (exact) mass is 332 g/mol. The number of aliphatic hydroxyl groups is 1. The minimum Gasteiger partial charge on any atom is -0.480 e. The van der Waals surface area contributed by atoms with Crippen LogP contribution in [0.4, 0.5) is 0 Å². The number of carboxylic acids is 1. The van der Waals surface area contributed by atoms with E-state index in [9.17, 15) is 14.7 Å². The van der Waals surface area contributed by atoms with Crippen molar-refractivity contribution in [1.82, 2.24) is 19.2 Å². The fourth-order valence-corrected chi connectivity index (χ4v) is 3.11. The molecule has 24 heavy (non-hydrogen) atoms. The summed E-state index contributed by atoms with van der Waals surface area (Å²) in [7, 11) is 1.63. The number of aliphatic carboxylic acids is 1. The van der Waals surface area contributed by atoms with Gasteiger partial charge in [0.1, 0.15) is 11.3 Å². The first-order chi connectivity index (χ1) is 11.4. The lowest BCUT2D eigenvalue weighted by molar-refractivity contribution is -0.138. The van der Waals surface area contributed by atoms with Gasteiger partial charge in [0.25, 0.3) is 5.91 Å². The van der Waals surface area contributed by atoms with Crippen LogP contribution in [0.15, 0.2) is 24.4 Å². The third-order valence-corrected chi connectivity index (χ3v) is 4.41. The number of amides is 1. The molecule has 1 aliphatic rings. The van der Waals surface area contributed by atoms with Crippen molar-refractivity contribution in [1.29, 1.82) is 0 Å². The van der Waals surface area contributed by atoms with Gasteiger partial charge < -0.3 is 19.5 Å². The Bertz CT molecular complexity index is 787. The fourth-order valence-electron chi connectivity index (χ4n) is 3.11. The first kappa shape index (κ1) is 16.4. The van der Waals surface area contributed by atoms with E-state index in [0.29, 0.717) is 11.3 Å². The molecule has 1 saturated heterocycles. The van der Waals surface area contributed by atoms with E-state index in [1.54, 1.807) is 18.1 Å². The van der Waals surface area contributed by atoms with Crippen LogP contribution < -0.4 is 0 Å². The molecule has 8 heteroatoms. The van der Waals surface area contributed by atoms with E-state index >= 15 is 0 Å². The summed E-state index contributed by atoms with van der Waals surface area (Å²) in [6.45, 7) is 2.19. The lowest BCUT2D eigenvalue weighted by Crippen LogP contribution is -2.43. The average Bonchev–Trinajstić information content (AvgIpc) is 3.10. The number of carbonyl (C=O) groups is 2. The molecule has 1 amide bonds. The van der Waals surface area contributed by atoms with Crippen LogP contribution in [-0.4, -0.2) is 80.1 Å². The number of pyridine rings is 1. The molecule has 1 unspecified atom stereocenters. The molecule has 8 nitrogen and oxygen atoms in total. The molecule has 0 aliphatic carbocycles. The summed E-state index contributed by atoms with van der Waals surface area (Å²) in [5.74, 6) is -1.23. The predicted molar refractivity (Wildman–Crippen MR) is 85.9 cm³/mol. The average molecular weight is 332 g/mol. The molecule has 2 aromatic rings. The molecular weight excluding hydrogens is 312 g/mol. The Morgan fingerprint density at radius 1 is 1.38 bits per heavy atom. The molecular formula is C16H20N4O4. The Labute approximate surface area is 138 Å². The predicted octanol–water partition coefficient (Wildman–Crippen LogP) is -0.156. The maximum atomic E-state index is 12.7. The summed E-state index contributed by atoms with van der Waals surface area (Å²) in [6, 6.07) is 5.23. The molecule has 128 valence electrons. The van der Waals surface area contributed by atoms with Gasteiger partial charge in [-0.05, 0) is 26.1 Å². The Hall–Kier alpha value is -2.45. The number of aliphatic hydroxyl groups excluding tert-OH is 1. The summed E-state index contributed by atoms with van der Waals surface area (Å²) >= 11 is 0. The zero-order valence-corrected chi connectivity index (χ0v) is 13.6. The second-order valence-corrected chi connectivity index (χ2v) is 6.18. The van der Waals surface area contributed by atoms with Gasteiger partial charge in [0, 0.05) is 25.0 Å². The largest absolute Gasteiger partial charge is 0.480 e. The highest BCUT2D eigenvalue weighted by molar-refractivity contribution is 5.93. The Morgan fingerprint density at radius 3 is 2.79 bits per heavy atom. The number of aromatic nitrogens is 2. The van der Waals surface area contributed by atoms with E-state index < -0.39 is 18.1 Å². The smallest absolute Gasteiger partial charge is 0.317 e. The number of fused-ring (bicyclic) bond motifs is 1. The highest BCUT2D eigenvalue weighted by Crippen LogP contribution is 2.18. The number of aryl methyl sites for hydroxylation is 1. The molecule has 2 aromatic heterocycles. The van der Waals surface area contributed by atoms with Crippen molar-refractivity contribution in [3.8, 4) is 0 Å². The zero-order chi connectivity index (χ0) is 17.4. The van der Waals surface area contributed by atoms with Crippen molar-refractivity contribution in [2.24, 2.45) is 0 Å². The van der Waals surface area contributed by atoms with Gasteiger partial charge in [-0.25, -0.2) is 4.98 Å². The topological polar surface area (TPSA) is 98.4 Å². The lowest BCUT2D eigenvalue weighted by Gasteiger charge is -2.24. The van der Waals surface area contributed by atoms with Gasteiger partial charge in [0.15, 0.2) is 0 Å². The number of rotatable bonds is 4. The first-order valence-electron chi connectivity index (χ1n) is 7.71. The molecule has 0 radical (unpaired) electrons. The maximum absolute atomic E-state index is 12.7. The number of nitrogens with zero attached hydrogens (tertiary/aromatic N) is 4. The van der Waals surface area contributed by atoms with Gasteiger partial charge in [0.05, 0.1) is 18.7 Å². The Morgan fingerprint density at radius 2 is 2.12 bits per heavy atom. The van der Waals surface area contributed by atoms with E-state index in [1.807, 2.05) is 29.5 Å². The maximum Gasteiger partial charge on any atom is 0.317 e. The van der Waals surface area contributed by atoms with Crippen molar-refractivity contribution >= 4 is 17.5 Å². The quantitative estimate of drug-likeness (QED) is 0.808. The van der Waals surface area contributed by atoms with E-state index in [4.69, 9.17) is 5.11 Å². The number of imidazole rings is 1. The van der Waals surface area contributed by atoms with Crippen LogP contribution in [0.3, 0.4) is 0 Å². The molecule has 1 aliphatic heterocycles. The molecule has 0 spiro atoms. The fraction of sp³-hybridized carbons (Fsp3) is 0.438. The number of β-amino-alcohol motifs (C(OH)–C–C–N with tert-alkyl or cyclic N) is 1. The minimum absolute atomic E-state index is 0.167. The van der Waals surface area contributed by atoms with Crippen LogP contribution in [0.1, 0.15) is 16.2 Å². The molecule has 3 heterocycles. The molecule has 0 bridgehead atoms. The molecule has 0 saturated carbocycles. The van der Waals surface area contributed by atoms with E-state index in [-0.39, 0.29) is 25.5 Å². The lowest BCUT2D eigenvalue weighted by atomic mass is 10.2. The van der Waals surface area contributed by atoms with E-state index in [0.717, 1.165) is 5.69 Å². The highest BCUT2D eigenvalue weighted by Gasteiger charge is 2.37. The summed E-state index contributed by atoms with van der Waals surface area (Å²) in [5.41, 5.74) is 1.98. The van der Waals surface area contributed by atoms with Gasteiger partial charge in [-0.1, -0.05) is 6.07 Å². The molecule has 2 atom stereocenters. The van der Waals surface area contributed by atoms with Gasteiger partial charge in [-0.15, -0.1) is 0 Å². The van der Waals surface area contributed by atoms with Crippen LogP contribution >= 0.6 is 0 Å². The Balaban J connectivity index is 1.77. The van der Waals surface area contributed by atoms with Crippen molar-refractivity contribution in [3.05, 3.63) is 35.8 Å². The summed E-state index contributed by atoms with van der Waals surface area (Å²) < 4.78 is 1.84. The van der Waals surface area contributed by atoms with E-state index in [2.05, 4.69) is 4.98 Å². The SMILES string of the molecule is Cc1cccc2nc(C(=O)N3CC(N(C)CC(=O)O)[C@H](O)C3)cn12. The standard InChI is InChI=1S/C16H20N4O4/c1-10-4-3-5-14-17-11(6-20(10)14)16(24)19-7-12(13(21)8-19)18(2)9-15(22)23/h3-6,12-13,21H,7-9H2,1-2H3,(H,22,23)/t12?,13-/m1/s1. The van der Waals surface area contributed by atoms with Gasteiger partial charge in [0.2, 0.25) is 0 Å². The van der Waals surface area contributed by atoms with Crippen LogP contribution in [-0.2, 0) is 4.79 Å². The van der Waals surface area contributed by atoms with Crippen LogP contribution in [0.25, 0.3) is 5.65 Å². The van der Waals surface area contributed by atoms with Crippen LogP contribution in [0.5, 0.6) is 0 Å². The number of hydrogen-bond donors (Lipinski definition) is 2. The number of likely N-dealkylation sites (N-methyl/N-ethyl adjacent to an activating group) is 1. The summed E-state index contributed by atoms with van der Waals surface area (Å²) in [5, 5.41) is 19.0. The number of hydrogen-bond acceptors (Lipinski definition) is 5. The minimum atomic E-state index is -0.967. The van der Waals surface area contributed by atoms with Gasteiger partial charge >= 0.3 is 5.97 Å². The number of carbonyl (C=O) groups excluding carboxylic acids is 1. The van der Waals surface area contributed by atoms with E-state index in [1.165, 1.54) is 4.90 Å². The van der Waals surface area contributed by atoms with Gasteiger partial charge in [-0.2, -0.15) is 0 Å². The first-order valence-corrected chi connectivity index (χ1v) is 7.71. The Kier molecular flexibility index (Phi) is 4.25. The zero-order valence-electron chi connectivity index (χ0n) is 13.6. The summed E-state index contributed by atoms with van der Waals surface area (Å²) in [6.07, 6.45) is 0.908. The molecule has 0 aromatic carbocycles. The number of likely N-dealkylation sites (tertiary alicyclic amines) is 1.